The fourth-order valence-electron chi connectivity index (χ4n) is 3.47. The van der Waals surface area contributed by atoms with Crippen LogP contribution in [-0.2, 0) is 13.1 Å². The molecular formula is C20H22N4O2. The van der Waals surface area contributed by atoms with Crippen molar-refractivity contribution < 1.29 is 9.21 Å². The summed E-state index contributed by atoms with van der Waals surface area (Å²) in [5, 5.41) is 7.49. The smallest absolute Gasteiger partial charge is 0.251 e. The fourth-order valence-corrected chi connectivity index (χ4v) is 3.47. The van der Waals surface area contributed by atoms with Crippen molar-refractivity contribution in [1.82, 2.24) is 20.0 Å². The summed E-state index contributed by atoms with van der Waals surface area (Å²) in [6.07, 6.45) is 4.39. The second-order valence-electron chi connectivity index (χ2n) is 6.58. The van der Waals surface area contributed by atoms with Gasteiger partial charge in [0.1, 0.15) is 5.76 Å². The minimum atomic E-state index is -0.0328. The van der Waals surface area contributed by atoms with E-state index in [1.54, 1.807) is 6.26 Å². The molecule has 0 unspecified atom stereocenters. The van der Waals surface area contributed by atoms with Crippen molar-refractivity contribution in [1.29, 1.82) is 0 Å². The molecule has 1 amide bonds. The third-order valence-corrected chi connectivity index (χ3v) is 4.71. The van der Waals surface area contributed by atoms with E-state index in [-0.39, 0.29) is 11.9 Å². The lowest BCUT2D eigenvalue weighted by molar-refractivity contribution is 0.0946. The molecule has 3 aromatic rings. The molecule has 1 aliphatic rings. The van der Waals surface area contributed by atoms with Crippen LogP contribution in [0.5, 0.6) is 0 Å². The zero-order chi connectivity index (χ0) is 17.8. The Bertz CT molecular complexity index is 842. The van der Waals surface area contributed by atoms with E-state index in [9.17, 15) is 4.79 Å². The number of rotatable bonds is 6. The van der Waals surface area contributed by atoms with Gasteiger partial charge < -0.3 is 9.73 Å². The first-order valence-electron chi connectivity index (χ1n) is 8.90. The molecule has 0 fully saturated rings. The second kappa shape index (κ2) is 7.58. The molecule has 0 saturated heterocycles. The molecule has 1 aromatic carbocycles. The van der Waals surface area contributed by atoms with Crippen LogP contribution in [0.2, 0.25) is 0 Å². The van der Waals surface area contributed by atoms with E-state index in [0.29, 0.717) is 12.1 Å². The molecular weight excluding hydrogens is 328 g/mol. The van der Waals surface area contributed by atoms with Gasteiger partial charge in [-0.05, 0) is 36.8 Å². The van der Waals surface area contributed by atoms with Gasteiger partial charge in [0.25, 0.3) is 5.91 Å². The van der Waals surface area contributed by atoms with Gasteiger partial charge >= 0.3 is 0 Å². The molecule has 0 aliphatic carbocycles. The molecule has 6 heteroatoms. The molecule has 26 heavy (non-hydrogen) atoms. The molecule has 0 radical (unpaired) electrons. The van der Waals surface area contributed by atoms with E-state index in [1.807, 2.05) is 48.7 Å². The summed E-state index contributed by atoms with van der Waals surface area (Å²) in [6.45, 7) is 3.14. The number of fused-ring (bicyclic) bond motifs is 1. The zero-order valence-electron chi connectivity index (χ0n) is 14.5. The SMILES string of the molecule is O=C(NCC[C@@H]1CN(Cc2ccco2)Cc2ccnn21)c1ccccc1. The van der Waals surface area contributed by atoms with Gasteiger partial charge in [0, 0.05) is 31.4 Å². The number of aromatic nitrogens is 2. The maximum absolute atomic E-state index is 12.2. The number of carbonyl (C=O) groups is 1. The summed E-state index contributed by atoms with van der Waals surface area (Å²) in [5.74, 6) is 0.934. The molecule has 3 heterocycles. The third kappa shape index (κ3) is 3.70. The fraction of sp³-hybridized carbons (Fsp3) is 0.300. The lowest BCUT2D eigenvalue weighted by atomic mass is 10.1. The summed E-state index contributed by atoms with van der Waals surface area (Å²) in [6, 6.07) is 15.5. The third-order valence-electron chi connectivity index (χ3n) is 4.71. The van der Waals surface area contributed by atoms with Crippen LogP contribution in [-0.4, -0.2) is 33.7 Å². The monoisotopic (exact) mass is 350 g/mol. The number of furan rings is 1. The Morgan fingerprint density at radius 2 is 2.08 bits per heavy atom. The number of nitrogens with one attached hydrogen (secondary N) is 1. The highest BCUT2D eigenvalue weighted by atomic mass is 16.3. The van der Waals surface area contributed by atoms with Gasteiger partial charge in [-0.1, -0.05) is 18.2 Å². The van der Waals surface area contributed by atoms with Crippen LogP contribution in [0.1, 0.15) is 34.3 Å². The van der Waals surface area contributed by atoms with Gasteiger partial charge in [-0.3, -0.25) is 14.4 Å². The molecule has 0 bridgehead atoms. The van der Waals surface area contributed by atoms with Crippen molar-refractivity contribution in [3.05, 3.63) is 78.0 Å². The summed E-state index contributed by atoms with van der Waals surface area (Å²) >= 11 is 0. The molecule has 1 atom stereocenters. The molecule has 6 nitrogen and oxygen atoms in total. The predicted octanol–water partition coefficient (Wildman–Crippen LogP) is 2.85. The molecule has 1 aliphatic heterocycles. The van der Waals surface area contributed by atoms with Crippen LogP contribution in [0, 0.1) is 0 Å². The Morgan fingerprint density at radius 1 is 1.19 bits per heavy atom. The number of carbonyl (C=O) groups excluding carboxylic acids is 1. The normalized spacial score (nSPS) is 17.0. The molecule has 1 N–H and O–H groups in total. The first-order chi connectivity index (χ1) is 12.8. The van der Waals surface area contributed by atoms with Crippen LogP contribution >= 0.6 is 0 Å². The zero-order valence-corrected chi connectivity index (χ0v) is 14.5. The van der Waals surface area contributed by atoms with E-state index >= 15 is 0 Å². The van der Waals surface area contributed by atoms with Gasteiger partial charge in [-0.2, -0.15) is 5.10 Å². The lowest BCUT2D eigenvalue weighted by Gasteiger charge is -2.33. The Labute approximate surface area is 152 Å². The quantitative estimate of drug-likeness (QED) is 0.742. The van der Waals surface area contributed by atoms with E-state index in [2.05, 4.69) is 26.1 Å². The highest BCUT2D eigenvalue weighted by Gasteiger charge is 2.25. The number of nitrogens with zero attached hydrogens (tertiary/aromatic N) is 3. The van der Waals surface area contributed by atoms with Gasteiger partial charge in [-0.25, -0.2) is 0 Å². The van der Waals surface area contributed by atoms with Gasteiger partial charge in [-0.15, -0.1) is 0 Å². The number of benzene rings is 1. The predicted molar refractivity (Wildman–Crippen MR) is 97.5 cm³/mol. The number of hydrogen-bond donors (Lipinski definition) is 1. The Morgan fingerprint density at radius 3 is 2.88 bits per heavy atom. The standard InChI is InChI=1S/C20H22N4O2/c25-20(16-5-2-1-3-6-16)21-10-8-17-13-23(15-19-7-4-12-26-19)14-18-9-11-22-24(17)18/h1-7,9,11-12,17H,8,10,13-15H2,(H,21,25)/t17-/m1/s1. The van der Waals surface area contributed by atoms with E-state index < -0.39 is 0 Å². The summed E-state index contributed by atoms with van der Waals surface area (Å²) < 4.78 is 7.57. The summed E-state index contributed by atoms with van der Waals surface area (Å²) in [5.41, 5.74) is 1.89. The van der Waals surface area contributed by atoms with E-state index in [0.717, 1.165) is 31.8 Å². The second-order valence-corrected chi connectivity index (χ2v) is 6.58. The number of hydrogen-bond acceptors (Lipinski definition) is 4. The summed E-state index contributed by atoms with van der Waals surface area (Å²) in [7, 11) is 0. The minimum Gasteiger partial charge on any atom is -0.468 e. The highest BCUT2D eigenvalue weighted by molar-refractivity contribution is 5.94. The van der Waals surface area contributed by atoms with Gasteiger partial charge in [0.2, 0.25) is 0 Å². The largest absolute Gasteiger partial charge is 0.468 e. The van der Waals surface area contributed by atoms with Crippen molar-refractivity contribution >= 4 is 5.91 Å². The van der Waals surface area contributed by atoms with Crippen molar-refractivity contribution in [2.45, 2.75) is 25.6 Å². The van der Waals surface area contributed by atoms with E-state index in [4.69, 9.17) is 4.42 Å². The van der Waals surface area contributed by atoms with Crippen LogP contribution in [0.15, 0.2) is 65.4 Å². The molecule has 4 rings (SSSR count). The van der Waals surface area contributed by atoms with Crippen molar-refractivity contribution in [3.63, 3.8) is 0 Å². The highest BCUT2D eigenvalue weighted by Crippen LogP contribution is 2.24. The van der Waals surface area contributed by atoms with Crippen LogP contribution in [0.25, 0.3) is 0 Å². The van der Waals surface area contributed by atoms with Gasteiger partial charge in [0.15, 0.2) is 0 Å². The lowest BCUT2D eigenvalue weighted by Crippen LogP contribution is -2.38. The van der Waals surface area contributed by atoms with Crippen molar-refractivity contribution in [3.8, 4) is 0 Å². The Balaban J connectivity index is 1.37. The first-order valence-corrected chi connectivity index (χ1v) is 8.90. The maximum Gasteiger partial charge on any atom is 0.251 e. The van der Waals surface area contributed by atoms with E-state index in [1.165, 1.54) is 5.69 Å². The molecule has 0 saturated carbocycles. The Kier molecular flexibility index (Phi) is 4.84. The van der Waals surface area contributed by atoms with Crippen LogP contribution in [0.4, 0.5) is 0 Å². The average Bonchev–Trinajstić information content (AvgIpc) is 3.34. The van der Waals surface area contributed by atoms with Crippen molar-refractivity contribution in [2.75, 3.05) is 13.1 Å². The first kappa shape index (κ1) is 16.6. The van der Waals surface area contributed by atoms with Crippen LogP contribution < -0.4 is 5.32 Å². The Hall–Kier alpha value is -2.86. The maximum atomic E-state index is 12.2. The van der Waals surface area contributed by atoms with Gasteiger partial charge in [0.05, 0.1) is 24.5 Å². The summed E-state index contributed by atoms with van der Waals surface area (Å²) in [4.78, 5) is 14.6. The molecule has 134 valence electrons. The molecule has 2 aromatic heterocycles. The topological polar surface area (TPSA) is 63.3 Å². The average molecular weight is 350 g/mol. The van der Waals surface area contributed by atoms with Crippen LogP contribution in [0.3, 0.4) is 0 Å². The van der Waals surface area contributed by atoms with Crippen molar-refractivity contribution in [2.24, 2.45) is 0 Å². The number of amides is 1. The minimum absolute atomic E-state index is 0.0328. The molecule has 0 spiro atoms.